The molecule has 0 saturated carbocycles. The molecule has 0 aromatic heterocycles. The van der Waals surface area contributed by atoms with Gasteiger partial charge in [0.2, 0.25) is 10.0 Å². The molecule has 2 N–H and O–H groups in total. The molecule has 0 amide bonds. The molecule has 136 valence electrons. The first-order valence-corrected chi connectivity index (χ1v) is 9.59. The van der Waals surface area contributed by atoms with Crippen LogP contribution < -0.4 is 4.72 Å². The molecule has 1 atom stereocenters. The van der Waals surface area contributed by atoms with Crippen LogP contribution in [-0.4, -0.2) is 25.5 Å². The van der Waals surface area contributed by atoms with Crippen molar-refractivity contribution in [1.82, 2.24) is 4.72 Å². The van der Waals surface area contributed by atoms with E-state index in [1.165, 1.54) is 6.07 Å². The van der Waals surface area contributed by atoms with Gasteiger partial charge < -0.3 is 5.11 Å². The minimum absolute atomic E-state index is 0.0895. The molecule has 0 spiro atoms. The Labute approximate surface area is 153 Å². The zero-order valence-corrected chi connectivity index (χ0v) is 15.2. The van der Waals surface area contributed by atoms with Gasteiger partial charge in [0.25, 0.3) is 0 Å². The number of carboxylic acids is 1. The van der Waals surface area contributed by atoms with E-state index in [0.717, 1.165) is 5.56 Å². The van der Waals surface area contributed by atoms with Crippen LogP contribution in [0, 0.1) is 18.3 Å². The lowest BCUT2D eigenvalue weighted by molar-refractivity contribution is -0.137. The SMILES string of the molecule is Cc1cccc(S(=O)(=O)NC(CCC(=O)O)Cc2ccccc2)c1C#N. The number of nitrogens with one attached hydrogen (secondary N) is 1. The molecule has 7 heteroatoms. The number of nitriles is 1. The molecule has 0 aliphatic rings. The van der Waals surface area contributed by atoms with Gasteiger partial charge in [-0.15, -0.1) is 0 Å². The largest absolute Gasteiger partial charge is 0.481 e. The van der Waals surface area contributed by atoms with Crippen molar-refractivity contribution in [2.45, 2.75) is 37.1 Å². The Balaban J connectivity index is 2.30. The van der Waals surface area contributed by atoms with E-state index in [-0.39, 0.29) is 23.3 Å². The Morgan fingerprint density at radius 2 is 1.88 bits per heavy atom. The van der Waals surface area contributed by atoms with Gasteiger partial charge in [0, 0.05) is 12.5 Å². The van der Waals surface area contributed by atoms with Gasteiger partial charge in [0.1, 0.15) is 11.0 Å². The van der Waals surface area contributed by atoms with E-state index in [0.29, 0.717) is 12.0 Å². The maximum atomic E-state index is 12.8. The summed E-state index contributed by atoms with van der Waals surface area (Å²) in [5.41, 5.74) is 1.56. The summed E-state index contributed by atoms with van der Waals surface area (Å²) in [6, 6.07) is 15.2. The van der Waals surface area contributed by atoms with Crippen molar-refractivity contribution in [3.63, 3.8) is 0 Å². The standard InChI is InChI=1S/C19H20N2O4S/c1-14-6-5-9-18(17(14)13-20)26(24,25)21-16(10-11-19(22)23)12-15-7-3-2-4-8-15/h2-9,16,21H,10-12H2,1H3,(H,22,23). The fourth-order valence-corrected chi connectivity index (χ4v) is 4.19. The quantitative estimate of drug-likeness (QED) is 0.741. The van der Waals surface area contributed by atoms with E-state index in [1.807, 2.05) is 36.4 Å². The molecule has 6 nitrogen and oxygen atoms in total. The van der Waals surface area contributed by atoms with Crippen LogP contribution >= 0.6 is 0 Å². The Morgan fingerprint density at radius 1 is 1.19 bits per heavy atom. The van der Waals surface area contributed by atoms with E-state index in [2.05, 4.69) is 4.72 Å². The summed E-state index contributed by atoms with van der Waals surface area (Å²) in [4.78, 5) is 10.8. The fraction of sp³-hybridized carbons (Fsp3) is 0.263. The zero-order valence-electron chi connectivity index (χ0n) is 14.3. The van der Waals surface area contributed by atoms with Gasteiger partial charge in [0.15, 0.2) is 0 Å². The van der Waals surface area contributed by atoms with Crippen LogP contribution in [0.15, 0.2) is 53.4 Å². The summed E-state index contributed by atoms with van der Waals surface area (Å²) < 4.78 is 28.2. The second-order valence-electron chi connectivity index (χ2n) is 6.00. The molecule has 26 heavy (non-hydrogen) atoms. The molecule has 0 heterocycles. The van der Waals surface area contributed by atoms with Crippen LogP contribution in [0.5, 0.6) is 0 Å². The summed E-state index contributed by atoms with van der Waals surface area (Å²) in [6.45, 7) is 1.67. The number of hydrogen-bond donors (Lipinski definition) is 2. The normalized spacial score (nSPS) is 12.3. The number of benzene rings is 2. The lowest BCUT2D eigenvalue weighted by Gasteiger charge is -2.19. The molecule has 2 aromatic carbocycles. The van der Waals surface area contributed by atoms with E-state index in [4.69, 9.17) is 5.11 Å². The average molecular weight is 372 g/mol. The summed E-state index contributed by atoms with van der Waals surface area (Å²) >= 11 is 0. The van der Waals surface area contributed by atoms with E-state index >= 15 is 0 Å². The Bertz CT molecular complexity index is 918. The van der Waals surface area contributed by atoms with Crippen molar-refractivity contribution in [2.75, 3.05) is 0 Å². The highest BCUT2D eigenvalue weighted by molar-refractivity contribution is 7.89. The summed E-state index contributed by atoms with van der Waals surface area (Å²) in [5.74, 6) is -0.990. The van der Waals surface area contributed by atoms with Crippen LogP contribution in [0.4, 0.5) is 0 Å². The second-order valence-corrected chi connectivity index (χ2v) is 7.68. The lowest BCUT2D eigenvalue weighted by atomic mass is 10.0. The topological polar surface area (TPSA) is 107 Å². The maximum absolute atomic E-state index is 12.8. The molecule has 0 aliphatic heterocycles. The summed E-state index contributed by atoms with van der Waals surface area (Å²) in [5, 5.41) is 18.2. The molecule has 2 aromatic rings. The lowest BCUT2D eigenvalue weighted by Crippen LogP contribution is -2.37. The van der Waals surface area contributed by atoms with E-state index in [9.17, 15) is 18.5 Å². The minimum Gasteiger partial charge on any atom is -0.481 e. The predicted molar refractivity (Wildman–Crippen MR) is 97.0 cm³/mol. The average Bonchev–Trinajstić information content (AvgIpc) is 2.60. The maximum Gasteiger partial charge on any atom is 0.303 e. The molecule has 0 saturated heterocycles. The minimum atomic E-state index is -3.96. The number of carboxylic acid groups (broad SMARTS) is 1. The monoisotopic (exact) mass is 372 g/mol. The van der Waals surface area contributed by atoms with Gasteiger partial charge in [0.05, 0.1) is 5.56 Å². The predicted octanol–water partition coefficient (Wildman–Crippen LogP) is 2.62. The van der Waals surface area contributed by atoms with Crippen LogP contribution in [0.3, 0.4) is 0 Å². The second kappa shape index (κ2) is 8.61. The zero-order chi connectivity index (χ0) is 19.2. The third kappa shape index (κ3) is 5.15. The van der Waals surface area contributed by atoms with Crippen molar-refractivity contribution in [2.24, 2.45) is 0 Å². The number of rotatable bonds is 8. The van der Waals surface area contributed by atoms with Crippen LogP contribution in [0.25, 0.3) is 0 Å². The van der Waals surface area contributed by atoms with Crippen molar-refractivity contribution in [3.05, 3.63) is 65.2 Å². The molecule has 0 fully saturated rings. The summed E-state index contributed by atoms with van der Waals surface area (Å²) in [7, 11) is -3.96. The third-order valence-electron chi connectivity index (χ3n) is 3.99. The third-order valence-corrected chi connectivity index (χ3v) is 5.55. The number of aliphatic carboxylic acids is 1. The molecule has 0 radical (unpaired) electrons. The van der Waals surface area contributed by atoms with Crippen LogP contribution in [-0.2, 0) is 21.2 Å². The van der Waals surface area contributed by atoms with E-state index < -0.39 is 22.0 Å². The van der Waals surface area contributed by atoms with Gasteiger partial charge in [-0.05, 0) is 37.0 Å². The van der Waals surface area contributed by atoms with Crippen LogP contribution in [0.2, 0.25) is 0 Å². The van der Waals surface area contributed by atoms with Crippen molar-refractivity contribution < 1.29 is 18.3 Å². The van der Waals surface area contributed by atoms with Crippen molar-refractivity contribution in [1.29, 1.82) is 5.26 Å². The van der Waals surface area contributed by atoms with E-state index in [1.54, 1.807) is 19.1 Å². The Kier molecular flexibility index (Phi) is 6.50. The fourth-order valence-electron chi connectivity index (χ4n) is 2.69. The van der Waals surface area contributed by atoms with Gasteiger partial charge in [-0.2, -0.15) is 5.26 Å². The number of hydrogen-bond acceptors (Lipinski definition) is 4. The van der Waals surface area contributed by atoms with Gasteiger partial charge in [-0.25, -0.2) is 13.1 Å². The van der Waals surface area contributed by atoms with Crippen molar-refractivity contribution >= 4 is 16.0 Å². The van der Waals surface area contributed by atoms with Gasteiger partial charge in [-0.1, -0.05) is 42.5 Å². The smallest absolute Gasteiger partial charge is 0.303 e. The Morgan fingerprint density at radius 3 is 2.50 bits per heavy atom. The van der Waals surface area contributed by atoms with Gasteiger partial charge in [-0.3, -0.25) is 4.79 Å². The number of aryl methyl sites for hydroxylation is 1. The number of sulfonamides is 1. The first-order valence-electron chi connectivity index (χ1n) is 8.11. The molecule has 0 aliphatic carbocycles. The molecule has 2 rings (SSSR count). The molecular weight excluding hydrogens is 352 g/mol. The highest BCUT2D eigenvalue weighted by Gasteiger charge is 2.24. The van der Waals surface area contributed by atoms with Gasteiger partial charge >= 0.3 is 5.97 Å². The molecule has 1 unspecified atom stereocenters. The van der Waals surface area contributed by atoms with Crippen LogP contribution in [0.1, 0.15) is 29.5 Å². The number of carbonyl (C=O) groups is 1. The molecular formula is C19H20N2O4S. The summed E-state index contributed by atoms with van der Waals surface area (Å²) in [6.07, 6.45) is 0.358. The first-order chi connectivity index (χ1) is 12.3. The van der Waals surface area contributed by atoms with Crippen molar-refractivity contribution in [3.8, 4) is 6.07 Å². The number of nitrogens with zero attached hydrogens (tertiary/aromatic N) is 1. The molecule has 0 bridgehead atoms. The first kappa shape index (κ1) is 19.6. The Hall–Kier alpha value is -2.69. The highest BCUT2D eigenvalue weighted by atomic mass is 32.2. The highest BCUT2D eigenvalue weighted by Crippen LogP contribution is 2.20.